The summed E-state index contributed by atoms with van der Waals surface area (Å²) in [6, 6.07) is 1.91. The normalized spacial score (nSPS) is 10.6. The number of rotatable bonds is 0. The number of nitrogens with two attached hydrogens (primary N) is 1. The number of aryl methyl sites for hydroxylation is 1. The van der Waals surface area contributed by atoms with Gasteiger partial charge < -0.3 is 10.7 Å². The molecule has 0 fully saturated rings. The molecule has 0 aliphatic heterocycles. The molecule has 0 aliphatic rings. The van der Waals surface area contributed by atoms with Crippen molar-refractivity contribution in [1.29, 1.82) is 0 Å². The van der Waals surface area contributed by atoms with Gasteiger partial charge in [0.25, 0.3) is 0 Å². The van der Waals surface area contributed by atoms with Crippen LogP contribution < -0.4 is 5.73 Å². The molecule has 11 heavy (non-hydrogen) atoms. The topological polar surface area (TPSA) is 54.7 Å². The molecule has 0 spiro atoms. The van der Waals surface area contributed by atoms with Crippen molar-refractivity contribution < 1.29 is 0 Å². The summed E-state index contributed by atoms with van der Waals surface area (Å²) < 4.78 is 0. The first kappa shape index (κ1) is 6.22. The van der Waals surface area contributed by atoms with Crippen LogP contribution in [0.1, 0.15) is 5.69 Å². The van der Waals surface area contributed by atoms with Gasteiger partial charge in [0.2, 0.25) is 0 Å². The molecule has 3 heteroatoms. The smallest absolute Gasteiger partial charge is 0.0691 e. The van der Waals surface area contributed by atoms with Gasteiger partial charge in [0.1, 0.15) is 0 Å². The van der Waals surface area contributed by atoms with Gasteiger partial charge in [-0.3, -0.25) is 4.98 Å². The van der Waals surface area contributed by atoms with Crippen LogP contribution in [0.3, 0.4) is 0 Å². The third-order valence-corrected chi connectivity index (χ3v) is 1.82. The van der Waals surface area contributed by atoms with Crippen molar-refractivity contribution in [2.24, 2.45) is 0 Å². The Morgan fingerprint density at radius 3 is 3.09 bits per heavy atom. The standard InChI is InChI=1S/C8H9N3/c1-5-8-6(2-3-10-5)7(9)4-11-8/h2-4,11H,9H2,1H3. The van der Waals surface area contributed by atoms with Gasteiger partial charge in [-0.05, 0) is 13.0 Å². The lowest BCUT2D eigenvalue weighted by Gasteiger charge is -1.93. The van der Waals surface area contributed by atoms with Crippen LogP contribution in [0.4, 0.5) is 5.69 Å². The molecule has 2 aromatic heterocycles. The molecule has 0 aromatic carbocycles. The van der Waals surface area contributed by atoms with Gasteiger partial charge in [0, 0.05) is 17.8 Å². The van der Waals surface area contributed by atoms with Crippen LogP contribution in [-0.2, 0) is 0 Å². The summed E-state index contributed by atoms with van der Waals surface area (Å²) in [5.41, 5.74) is 8.49. The van der Waals surface area contributed by atoms with E-state index in [1.165, 1.54) is 0 Å². The molecule has 0 atom stereocenters. The van der Waals surface area contributed by atoms with Crippen LogP contribution in [0.5, 0.6) is 0 Å². The van der Waals surface area contributed by atoms with E-state index in [0.717, 1.165) is 22.3 Å². The third kappa shape index (κ3) is 0.774. The molecule has 0 amide bonds. The summed E-state index contributed by atoms with van der Waals surface area (Å²) in [4.78, 5) is 7.20. The van der Waals surface area contributed by atoms with E-state index in [2.05, 4.69) is 9.97 Å². The molecule has 56 valence electrons. The number of nitrogens with one attached hydrogen (secondary N) is 1. The Balaban J connectivity index is 2.94. The number of hydrogen-bond donors (Lipinski definition) is 2. The van der Waals surface area contributed by atoms with Crippen LogP contribution in [-0.4, -0.2) is 9.97 Å². The lowest BCUT2D eigenvalue weighted by atomic mass is 10.2. The van der Waals surface area contributed by atoms with Gasteiger partial charge in [-0.15, -0.1) is 0 Å². The molecule has 0 aliphatic carbocycles. The number of fused-ring (bicyclic) bond motifs is 1. The summed E-state index contributed by atoms with van der Waals surface area (Å²) in [6.45, 7) is 1.96. The predicted octanol–water partition coefficient (Wildman–Crippen LogP) is 1.45. The Morgan fingerprint density at radius 1 is 1.55 bits per heavy atom. The number of anilines is 1. The van der Waals surface area contributed by atoms with E-state index in [-0.39, 0.29) is 0 Å². The van der Waals surface area contributed by atoms with Gasteiger partial charge in [0.05, 0.1) is 16.9 Å². The van der Waals surface area contributed by atoms with Gasteiger partial charge in [-0.2, -0.15) is 0 Å². The number of nitrogens with zero attached hydrogens (tertiary/aromatic N) is 1. The number of aromatic amines is 1. The lowest BCUT2D eigenvalue weighted by Crippen LogP contribution is -1.83. The first-order valence-corrected chi connectivity index (χ1v) is 3.47. The SMILES string of the molecule is Cc1nccc2c(N)c[nH]c12. The molecule has 0 saturated carbocycles. The number of nitrogen functional groups attached to an aromatic ring is 1. The summed E-state index contributed by atoms with van der Waals surface area (Å²) in [6.07, 6.45) is 3.56. The highest BCUT2D eigenvalue weighted by Gasteiger charge is 2.01. The molecule has 0 radical (unpaired) electrons. The number of pyridine rings is 1. The van der Waals surface area contributed by atoms with Crippen molar-refractivity contribution >= 4 is 16.6 Å². The van der Waals surface area contributed by atoms with E-state index in [1.54, 1.807) is 12.4 Å². The fourth-order valence-electron chi connectivity index (χ4n) is 1.22. The highest BCUT2D eigenvalue weighted by Crippen LogP contribution is 2.20. The first-order chi connectivity index (χ1) is 5.29. The Bertz CT molecular complexity index is 389. The third-order valence-electron chi connectivity index (χ3n) is 1.82. The Morgan fingerprint density at radius 2 is 2.36 bits per heavy atom. The van der Waals surface area contributed by atoms with Crippen molar-refractivity contribution in [2.75, 3.05) is 5.73 Å². The maximum atomic E-state index is 5.69. The summed E-state index contributed by atoms with van der Waals surface area (Å²) in [5.74, 6) is 0. The molecule has 3 nitrogen and oxygen atoms in total. The van der Waals surface area contributed by atoms with Crippen molar-refractivity contribution in [3.05, 3.63) is 24.2 Å². The zero-order valence-electron chi connectivity index (χ0n) is 6.26. The Labute approximate surface area is 64.2 Å². The number of hydrogen-bond acceptors (Lipinski definition) is 2. The molecular formula is C8H9N3. The zero-order valence-corrected chi connectivity index (χ0v) is 6.26. The van der Waals surface area contributed by atoms with E-state index in [9.17, 15) is 0 Å². The number of aromatic nitrogens is 2. The lowest BCUT2D eigenvalue weighted by molar-refractivity contribution is 1.22. The van der Waals surface area contributed by atoms with Crippen molar-refractivity contribution in [2.45, 2.75) is 6.92 Å². The van der Waals surface area contributed by atoms with Crippen molar-refractivity contribution in [3.8, 4) is 0 Å². The minimum absolute atomic E-state index is 0.783. The van der Waals surface area contributed by atoms with Gasteiger partial charge in [0.15, 0.2) is 0 Å². The maximum Gasteiger partial charge on any atom is 0.0691 e. The van der Waals surface area contributed by atoms with Crippen molar-refractivity contribution in [1.82, 2.24) is 9.97 Å². The molecule has 0 saturated heterocycles. The minimum Gasteiger partial charge on any atom is -0.397 e. The predicted molar refractivity (Wildman–Crippen MR) is 45.2 cm³/mol. The average Bonchev–Trinajstić information content (AvgIpc) is 2.35. The van der Waals surface area contributed by atoms with Crippen LogP contribution in [0, 0.1) is 6.92 Å². The highest BCUT2D eigenvalue weighted by molar-refractivity contribution is 5.92. The van der Waals surface area contributed by atoms with Gasteiger partial charge >= 0.3 is 0 Å². The average molecular weight is 147 g/mol. The fourth-order valence-corrected chi connectivity index (χ4v) is 1.22. The van der Waals surface area contributed by atoms with Crippen molar-refractivity contribution in [3.63, 3.8) is 0 Å². The molecule has 3 N–H and O–H groups in total. The first-order valence-electron chi connectivity index (χ1n) is 3.47. The monoisotopic (exact) mass is 147 g/mol. The van der Waals surface area contributed by atoms with Crippen LogP contribution in [0.25, 0.3) is 10.9 Å². The zero-order chi connectivity index (χ0) is 7.84. The second-order valence-corrected chi connectivity index (χ2v) is 2.56. The molecule has 2 aromatic rings. The second-order valence-electron chi connectivity index (χ2n) is 2.56. The minimum atomic E-state index is 0.783. The molecule has 2 heterocycles. The van der Waals surface area contributed by atoms with E-state index in [1.807, 2.05) is 13.0 Å². The molecular weight excluding hydrogens is 138 g/mol. The number of H-pyrrole nitrogens is 1. The van der Waals surface area contributed by atoms with Crippen LogP contribution >= 0.6 is 0 Å². The summed E-state index contributed by atoms with van der Waals surface area (Å²) >= 11 is 0. The highest BCUT2D eigenvalue weighted by atomic mass is 14.8. The van der Waals surface area contributed by atoms with Crippen LogP contribution in [0.15, 0.2) is 18.5 Å². The maximum absolute atomic E-state index is 5.69. The van der Waals surface area contributed by atoms with E-state index in [0.29, 0.717) is 0 Å². The second kappa shape index (κ2) is 1.99. The van der Waals surface area contributed by atoms with Crippen LogP contribution in [0.2, 0.25) is 0 Å². The van der Waals surface area contributed by atoms with E-state index in [4.69, 9.17) is 5.73 Å². The largest absolute Gasteiger partial charge is 0.397 e. The summed E-state index contributed by atoms with van der Waals surface area (Å²) in [5, 5.41) is 1.05. The van der Waals surface area contributed by atoms with E-state index < -0.39 is 0 Å². The molecule has 2 rings (SSSR count). The van der Waals surface area contributed by atoms with Gasteiger partial charge in [-0.1, -0.05) is 0 Å². The summed E-state index contributed by atoms with van der Waals surface area (Å²) in [7, 11) is 0. The molecule has 0 bridgehead atoms. The van der Waals surface area contributed by atoms with Gasteiger partial charge in [-0.25, -0.2) is 0 Å². The van der Waals surface area contributed by atoms with E-state index >= 15 is 0 Å². The quantitative estimate of drug-likeness (QED) is 0.592. The Hall–Kier alpha value is -1.51. The Kier molecular flexibility index (Phi) is 1.12. The molecule has 0 unspecified atom stereocenters. The fraction of sp³-hybridized carbons (Fsp3) is 0.125.